The lowest BCUT2D eigenvalue weighted by molar-refractivity contribution is -0.113. The van der Waals surface area contributed by atoms with Gasteiger partial charge in [-0.2, -0.15) is 0 Å². The minimum atomic E-state index is 0.0324. The number of amides is 1. The highest BCUT2D eigenvalue weighted by Gasteiger charge is 2.03. The quantitative estimate of drug-likeness (QED) is 0.852. The third-order valence-corrected chi connectivity index (χ3v) is 4.24. The lowest BCUT2D eigenvalue weighted by Crippen LogP contribution is -2.14. The topological polar surface area (TPSA) is 29.1 Å². The van der Waals surface area contributed by atoms with Crippen LogP contribution in [0.25, 0.3) is 0 Å². The van der Waals surface area contributed by atoms with Gasteiger partial charge >= 0.3 is 0 Å². The Hall–Kier alpha value is -1.26. The first kappa shape index (κ1) is 15.1. The van der Waals surface area contributed by atoms with Crippen LogP contribution in [0, 0.1) is 6.92 Å². The van der Waals surface area contributed by atoms with Crippen LogP contribution in [0.4, 0.5) is 5.69 Å². The molecular formula is C16H16BrNOS. The molecule has 2 aromatic rings. The van der Waals surface area contributed by atoms with Crippen molar-refractivity contribution in [2.75, 3.05) is 11.1 Å². The van der Waals surface area contributed by atoms with Crippen LogP contribution in [0.5, 0.6) is 0 Å². The van der Waals surface area contributed by atoms with Gasteiger partial charge in [-0.15, -0.1) is 11.8 Å². The fraction of sp³-hybridized carbons (Fsp3) is 0.188. The Kier molecular flexibility index (Phi) is 5.68. The average molecular weight is 350 g/mol. The maximum absolute atomic E-state index is 11.8. The van der Waals surface area contributed by atoms with Crippen LogP contribution in [-0.4, -0.2) is 11.7 Å². The molecule has 0 saturated carbocycles. The largest absolute Gasteiger partial charge is 0.325 e. The Morgan fingerprint density at radius 1 is 1.20 bits per heavy atom. The summed E-state index contributed by atoms with van der Waals surface area (Å²) in [7, 11) is 0. The number of carbonyl (C=O) groups excluding carboxylic acids is 1. The molecule has 0 bridgehead atoms. The van der Waals surface area contributed by atoms with E-state index >= 15 is 0 Å². The van der Waals surface area contributed by atoms with Gasteiger partial charge in [-0.05, 0) is 36.8 Å². The van der Waals surface area contributed by atoms with E-state index in [-0.39, 0.29) is 5.91 Å². The van der Waals surface area contributed by atoms with Crippen LogP contribution in [0.15, 0.2) is 53.0 Å². The molecule has 4 heteroatoms. The van der Waals surface area contributed by atoms with Crippen molar-refractivity contribution in [2.45, 2.75) is 12.7 Å². The van der Waals surface area contributed by atoms with E-state index in [1.54, 1.807) is 11.8 Å². The zero-order valence-corrected chi connectivity index (χ0v) is 13.6. The Morgan fingerprint density at radius 3 is 2.65 bits per heavy atom. The molecule has 0 aliphatic heterocycles. The van der Waals surface area contributed by atoms with Crippen LogP contribution < -0.4 is 5.32 Å². The fourth-order valence-electron chi connectivity index (χ4n) is 1.79. The van der Waals surface area contributed by atoms with E-state index in [0.29, 0.717) is 5.75 Å². The molecule has 2 rings (SSSR count). The minimum Gasteiger partial charge on any atom is -0.325 e. The minimum absolute atomic E-state index is 0.0324. The predicted octanol–water partition coefficient (Wildman–Crippen LogP) is 4.63. The number of anilines is 1. The summed E-state index contributed by atoms with van der Waals surface area (Å²) in [6, 6.07) is 16.0. The van der Waals surface area contributed by atoms with Gasteiger partial charge in [-0.25, -0.2) is 0 Å². The van der Waals surface area contributed by atoms with Gasteiger partial charge in [0.05, 0.1) is 5.75 Å². The lowest BCUT2D eigenvalue weighted by Gasteiger charge is -2.06. The highest BCUT2D eigenvalue weighted by molar-refractivity contribution is 9.10. The summed E-state index contributed by atoms with van der Waals surface area (Å²) in [5, 5.41) is 2.89. The second-order valence-electron chi connectivity index (χ2n) is 4.54. The maximum Gasteiger partial charge on any atom is 0.234 e. The van der Waals surface area contributed by atoms with E-state index in [9.17, 15) is 4.79 Å². The normalized spacial score (nSPS) is 10.3. The van der Waals surface area contributed by atoms with Gasteiger partial charge in [0.25, 0.3) is 0 Å². The van der Waals surface area contributed by atoms with Crippen molar-refractivity contribution in [3.8, 4) is 0 Å². The summed E-state index contributed by atoms with van der Waals surface area (Å²) < 4.78 is 1.00. The molecule has 1 N–H and O–H groups in total. The Balaban J connectivity index is 1.76. The second-order valence-corrected chi connectivity index (χ2v) is 6.44. The molecule has 0 spiro atoms. The van der Waals surface area contributed by atoms with Crippen LogP contribution in [0.1, 0.15) is 11.1 Å². The smallest absolute Gasteiger partial charge is 0.234 e. The number of halogens is 1. The van der Waals surface area contributed by atoms with Crippen molar-refractivity contribution in [2.24, 2.45) is 0 Å². The molecule has 0 radical (unpaired) electrons. The van der Waals surface area contributed by atoms with Crippen LogP contribution in [-0.2, 0) is 10.5 Å². The number of thioether (sulfide) groups is 1. The number of rotatable bonds is 5. The number of hydrogen-bond donors (Lipinski definition) is 1. The first-order valence-corrected chi connectivity index (χ1v) is 8.27. The maximum atomic E-state index is 11.8. The van der Waals surface area contributed by atoms with Gasteiger partial charge in [0.2, 0.25) is 5.91 Å². The highest BCUT2D eigenvalue weighted by Crippen LogP contribution is 2.16. The molecule has 2 nitrogen and oxygen atoms in total. The van der Waals surface area contributed by atoms with Crippen molar-refractivity contribution in [3.63, 3.8) is 0 Å². The summed E-state index contributed by atoms with van der Waals surface area (Å²) in [5.74, 6) is 1.35. The van der Waals surface area contributed by atoms with Gasteiger partial charge in [-0.3, -0.25) is 4.79 Å². The third-order valence-electron chi connectivity index (χ3n) is 2.71. The predicted molar refractivity (Wildman–Crippen MR) is 90.1 cm³/mol. The third kappa shape index (κ3) is 5.02. The molecule has 0 aromatic heterocycles. The van der Waals surface area contributed by atoms with Gasteiger partial charge < -0.3 is 5.32 Å². The first-order valence-electron chi connectivity index (χ1n) is 6.32. The number of nitrogens with one attached hydrogen (secondary N) is 1. The summed E-state index contributed by atoms with van der Waals surface area (Å²) in [6.45, 7) is 2.08. The number of aryl methyl sites for hydroxylation is 1. The number of carbonyl (C=O) groups is 1. The summed E-state index contributed by atoms with van der Waals surface area (Å²) >= 11 is 4.99. The molecule has 0 unspecified atom stereocenters. The molecule has 0 aliphatic carbocycles. The van der Waals surface area contributed by atoms with Crippen molar-refractivity contribution in [1.29, 1.82) is 0 Å². The zero-order chi connectivity index (χ0) is 14.4. The fourth-order valence-corrected chi connectivity index (χ4v) is 2.83. The monoisotopic (exact) mass is 349 g/mol. The molecule has 0 heterocycles. The second kappa shape index (κ2) is 7.50. The molecule has 0 saturated heterocycles. The average Bonchev–Trinajstić information content (AvgIpc) is 2.41. The summed E-state index contributed by atoms with van der Waals surface area (Å²) in [4.78, 5) is 11.8. The van der Waals surface area contributed by atoms with Crippen molar-refractivity contribution >= 4 is 39.3 Å². The zero-order valence-electron chi connectivity index (χ0n) is 11.2. The Bertz CT molecular complexity index is 583. The summed E-state index contributed by atoms with van der Waals surface area (Å²) in [6.07, 6.45) is 0. The number of hydrogen-bond acceptors (Lipinski definition) is 2. The lowest BCUT2D eigenvalue weighted by atomic mass is 10.2. The summed E-state index contributed by atoms with van der Waals surface area (Å²) in [5.41, 5.74) is 3.34. The highest BCUT2D eigenvalue weighted by atomic mass is 79.9. The van der Waals surface area contributed by atoms with Gasteiger partial charge in [0, 0.05) is 15.9 Å². The van der Waals surface area contributed by atoms with E-state index in [1.807, 2.05) is 30.3 Å². The number of benzene rings is 2. The van der Waals surface area contributed by atoms with Crippen molar-refractivity contribution in [3.05, 3.63) is 64.1 Å². The Morgan fingerprint density at radius 2 is 1.95 bits per heavy atom. The van der Waals surface area contributed by atoms with E-state index in [0.717, 1.165) is 15.9 Å². The molecule has 1 amide bonds. The Labute approximate surface area is 132 Å². The van der Waals surface area contributed by atoms with Gasteiger partial charge in [0.1, 0.15) is 0 Å². The van der Waals surface area contributed by atoms with E-state index in [4.69, 9.17) is 0 Å². The van der Waals surface area contributed by atoms with Crippen LogP contribution in [0.2, 0.25) is 0 Å². The molecule has 0 fully saturated rings. The van der Waals surface area contributed by atoms with Crippen molar-refractivity contribution < 1.29 is 4.79 Å². The van der Waals surface area contributed by atoms with Crippen molar-refractivity contribution in [1.82, 2.24) is 0 Å². The van der Waals surface area contributed by atoms with E-state index in [2.05, 4.69) is 46.4 Å². The SMILES string of the molecule is Cc1cccc(CSCC(=O)Nc2ccc(Br)cc2)c1. The molecule has 2 aromatic carbocycles. The van der Waals surface area contributed by atoms with Gasteiger partial charge in [0.15, 0.2) is 0 Å². The molecule has 20 heavy (non-hydrogen) atoms. The standard InChI is InChI=1S/C16H16BrNOS/c1-12-3-2-4-13(9-12)10-20-11-16(19)18-15-7-5-14(17)6-8-15/h2-9H,10-11H2,1H3,(H,18,19). The van der Waals surface area contributed by atoms with E-state index in [1.165, 1.54) is 11.1 Å². The van der Waals surface area contributed by atoms with Crippen LogP contribution in [0.3, 0.4) is 0 Å². The molecular weight excluding hydrogens is 334 g/mol. The first-order chi connectivity index (χ1) is 9.63. The molecule has 104 valence electrons. The van der Waals surface area contributed by atoms with Gasteiger partial charge in [-0.1, -0.05) is 45.8 Å². The van der Waals surface area contributed by atoms with E-state index < -0.39 is 0 Å². The molecule has 0 atom stereocenters. The molecule has 0 aliphatic rings. The van der Waals surface area contributed by atoms with Crippen LogP contribution >= 0.6 is 27.7 Å².